The molecule has 0 atom stereocenters. The van der Waals surface area contributed by atoms with Crippen molar-refractivity contribution in [2.24, 2.45) is 0 Å². The standard InChI is InChI=1S/C20H20ClFN4O4S/c1-3-30-19-7-14(22)11-24-18(19)9-15-4-12(10-23-15)20(27)25-16-5-13(21)6-17(8-16)26-31(2,28)29/h4-8,10-11,23,26H,3,9H2,1-2H3,(H,25,27). The number of rotatable bonds is 8. The third-order valence-electron chi connectivity index (χ3n) is 4.02. The number of ether oxygens (including phenoxy) is 1. The molecule has 0 unspecified atom stereocenters. The largest absolute Gasteiger partial charge is 0.492 e. The summed E-state index contributed by atoms with van der Waals surface area (Å²) in [6.07, 6.45) is 3.95. The lowest BCUT2D eigenvalue weighted by molar-refractivity contribution is 0.102. The minimum absolute atomic E-state index is 0.228. The molecular weight excluding hydrogens is 447 g/mol. The Morgan fingerprint density at radius 3 is 2.68 bits per heavy atom. The van der Waals surface area contributed by atoms with Crippen LogP contribution in [-0.2, 0) is 16.4 Å². The van der Waals surface area contributed by atoms with Crippen LogP contribution in [0, 0.1) is 5.82 Å². The monoisotopic (exact) mass is 466 g/mol. The van der Waals surface area contributed by atoms with Crippen molar-refractivity contribution in [3.8, 4) is 5.75 Å². The average molecular weight is 467 g/mol. The number of pyridine rings is 1. The van der Waals surface area contributed by atoms with E-state index in [1.165, 1.54) is 30.5 Å². The second-order valence-corrected chi connectivity index (χ2v) is 8.86. The number of carbonyl (C=O) groups is 1. The van der Waals surface area contributed by atoms with Crippen molar-refractivity contribution in [3.63, 3.8) is 0 Å². The van der Waals surface area contributed by atoms with Crippen molar-refractivity contribution < 1.29 is 22.3 Å². The number of H-pyrrole nitrogens is 1. The number of hydrogen-bond donors (Lipinski definition) is 3. The number of sulfonamides is 1. The Labute approximate surface area is 183 Å². The zero-order valence-electron chi connectivity index (χ0n) is 16.7. The number of amides is 1. The molecule has 2 aromatic heterocycles. The van der Waals surface area contributed by atoms with Crippen molar-refractivity contribution in [3.05, 3.63) is 70.5 Å². The summed E-state index contributed by atoms with van der Waals surface area (Å²) in [5, 5.41) is 2.93. The van der Waals surface area contributed by atoms with Gasteiger partial charge in [-0.3, -0.25) is 14.5 Å². The summed E-state index contributed by atoms with van der Waals surface area (Å²) in [5.74, 6) is -0.579. The van der Waals surface area contributed by atoms with Crippen LogP contribution in [0.1, 0.15) is 28.7 Å². The van der Waals surface area contributed by atoms with E-state index in [2.05, 4.69) is 20.0 Å². The first-order valence-electron chi connectivity index (χ1n) is 9.17. The van der Waals surface area contributed by atoms with Gasteiger partial charge in [0, 0.05) is 35.1 Å². The van der Waals surface area contributed by atoms with E-state index in [4.69, 9.17) is 16.3 Å². The van der Waals surface area contributed by atoms with Gasteiger partial charge in [-0.15, -0.1) is 0 Å². The van der Waals surface area contributed by atoms with Crippen molar-refractivity contribution in [2.75, 3.05) is 22.9 Å². The minimum atomic E-state index is -3.49. The quantitative estimate of drug-likeness (QED) is 0.467. The van der Waals surface area contributed by atoms with Crippen LogP contribution in [0.15, 0.2) is 42.7 Å². The lowest BCUT2D eigenvalue weighted by Crippen LogP contribution is -2.13. The summed E-state index contributed by atoms with van der Waals surface area (Å²) >= 11 is 6.02. The van der Waals surface area contributed by atoms with Gasteiger partial charge in [0.2, 0.25) is 10.0 Å². The maximum atomic E-state index is 13.4. The summed E-state index contributed by atoms with van der Waals surface area (Å²) < 4.78 is 44.0. The molecule has 0 aliphatic rings. The van der Waals surface area contributed by atoms with Gasteiger partial charge in [-0.1, -0.05) is 11.6 Å². The molecule has 0 spiro atoms. The second kappa shape index (κ2) is 9.36. The Morgan fingerprint density at radius 2 is 1.97 bits per heavy atom. The lowest BCUT2D eigenvalue weighted by Gasteiger charge is -2.09. The molecule has 0 aliphatic carbocycles. The first kappa shape index (κ1) is 22.6. The van der Waals surface area contributed by atoms with Gasteiger partial charge < -0.3 is 15.0 Å². The van der Waals surface area contributed by atoms with Gasteiger partial charge in [-0.25, -0.2) is 12.8 Å². The number of nitrogens with zero attached hydrogens (tertiary/aromatic N) is 1. The number of aromatic amines is 1. The lowest BCUT2D eigenvalue weighted by atomic mass is 10.2. The van der Waals surface area contributed by atoms with Gasteiger partial charge in [-0.2, -0.15) is 0 Å². The normalized spacial score (nSPS) is 11.2. The molecule has 0 aliphatic heterocycles. The fraction of sp³-hybridized carbons (Fsp3) is 0.200. The third kappa shape index (κ3) is 6.43. The van der Waals surface area contributed by atoms with Gasteiger partial charge in [0.05, 0.1) is 36.0 Å². The van der Waals surface area contributed by atoms with E-state index in [9.17, 15) is 17.6 Å². The molecule has 1 amide bonds. The molecule has 8 nitrogen and oxygen atoms in total. The SMILES string of the molecule is CCOc1cc(F)cnc1Cc1cc(C(=O)Nc2cc(Cl)cc(NS(C)(=O)=O)c2)c[nH]1. The summed E-state index contributed by atoms with van der Waals surface area (Å²) in [6, 6.07) is 7.28. The topological polar surface area (TPSA) is 113 Å². The molecule has 0 bridgehead atoms. The smallest absolute Gasteiger partial charge is 0.257 e. The van der Waals surface area contributed by atoms with Crippen molar-refractivity contribution in [1.82, 2.24) is 9.97 Å². The highest BCUT2D eigenvalue weighted by Gasteiger charge is 2.14. The molecule has 3 aromatic rings. The first-order valence-corrected chi connectivity index (χ1v) is 11.4. The first-order chi connectivity index (χ1) is 14.6. The molecule has 2 heterocycles. The molecule has 3 rings (SSSR count). The van der Waals surface area contributed by atoms with Gasteiger partial charge >= 0.3 is 0 Å². The number of benzene rings is 1. The number of aromatic nitrogens is 2. The zero-order valence-corrected chi connectivity index (χ0v) is 18.3. The van der Waals surface area contributed by atoms with Crippen molar-refractivity contribution in [2.45, 2.75) is 13.3 Å². The van der Waals surface area contributed by atoms with Crippen LogP contribution in [0.25, 0.3) is 0 Å². The highest BCUT2D eigenvalue weighted by Crippen LogP contribution is 2.24. The molecule has 1 aromatic carbocycles. The molecular formula is C20H20ClFN4O4S. The van der Waals surface area contributed by atoms with Gasteiger partial charge in [-0.05, 0) is 31.2 Å². The minimum Gasteiger partial charge on any atom is -0.492 e. The van der Waals surface area contributed by atoms with Crippen molar-refractivity contribution in [1.29, 1.82) is 0 Å². The predicted octanol–water partition coefficient (Wildman–Crippen LogP) is 3.82. The Hall–Kier alpha value is -3.11. The highest BCUT2D eigenvalue weighted by atomic mass is 35.5. The Kier molecular flexibility index (Phi) is 6.81. The Morgan fingerprint density at radius 1 is 1.23 bits per heavy atom. The molecule has 11 heteroatoms. The summed E-state index contributed by atoms with van der Waals surface area (Å²) in [6.45, 7) is 2.16. The number of carbonyl (C=O) groups excluding carboxylic acids is 1. The van der Waals surface area contributed by atoms with E-state index < -0.39 is 21.7 Å². The van der Waals surface area contributed by atoms with Gasteiger partial charge in [0.25, 0.3) is 5.91 Å². The van der Waals surface area contributed by atoms with Crippen LogP contribution >= 0.6 is 11.6 Å². The Balaban J connectivity index is 1.74. The molecule has 0 fully saturated rings. The van der Waals surface area contributed by atoms with Crippen LogP contribution in [-0.4, -0.2) is 37.2 Å². The average Bonchev–Trinajstić information content (AvgIpc) is 3.11. The molecule has 164 valence electrons. The number of hydrogen-bond acceptors (Lipinski definition) is 5. The molecule has 0 saturated carbocycles. The zero-order chi connectivity index (χ0) is 22.6. The number of anilines is 2. The van der Waals surface area contributed by atoms with Crippen LogP contribution in [0.5, 0.6) is 5.75 Å². The van der Waals surface area contributed by atoms with Gasteiger partial charge in [0.1, 0.15) is 11.6 Å². The third-order valence-corrected chi connectivity index (χ3v) is 4.84. The molecule has 3 N–H and O–H groups in total. The van der Waals surface area contributed by atoms with E-state index in [1.54, 1.807) is 13.0 Å². The fourth-order valence-corrected chi connectivity index (χ4v) is 3.64. The summed E-state index contributed by atoms with van der Waals surface area (Å²) in [4.78, 5) is 19.7. The molecule has 0 saturated heterocycles. The van der Waals surface area contributed by atoms with Crippen LogP contribution in [0.3, 0.4) is 0 Å². The van der Waals surface area contributed by atoms with E-state index in [0.717, 1.165) is 12.5 Å². The molecule has 0 radical (unpaired) electrons. The van der Waals surface area contributed by atoms with Crippen LogP contribution < -0.4 is 14.8 Å². The van der Waals surface area contributed by atoms with E-state index in [-0.39, 0.29) is 10.7 Å². The fourth-order valence-electron chi connectivity index (χ4n) is 2.86. The van der Waals surface area contributed by atoms with Crippen LogP contribution in [0.2, 0.25) is 5.02 Å². The van der Waals surface area contributed by atoms with E-state index in [1.807, 2.05) is 0 Å². The second-order valence-electron chi connectivity index (χ2n) is 6.68. The van der Waals surface area contributed by atoms with E-state index in [0.29, 0.717) is 41.4 Å². The maximum Gasteiger partial charge on any atom is 0.257 e. The van der Waals surface area contributed by atoms with Gasteiger partial charge in [0.15, 0.2) is 0 Å². The van der Waals surface area contributed by atoms with Crippen LogP contribution in [0.4, 0.5) is 15.8 Å². The maximum absolute atomic E-state index is 13.4. The van der Waals surface area contributed by atoms with E-state index >= 15 is 0 Å². The number of nitrogens with one attached hydrogen (secondary N) is 3. The summed E-state index contributed by atoms with van der Waals surface area (Å²) in [7, 11) is -3.49. The summed E-state index contributed by atoms with van der Waals surface area (Å²) in [5.41, 5.74) is 2.10. The highest BCUT2D eigenvalue weighted by molar-refractivity contribution is 7.92. The molecule has 31 heavy (non-hydrogen) atoms. The van der Waals surface area contributed by atoms with Crippen molar-refractivity contribution >= 4 is 38.9 Å². The Bertz CT molecular complexity index is 1210. The number of halogens is 2. The predicted molar refractivity (Wildman–Crippen MR) is 117 cm³/mol.